The van der Waals surface area contributed by atoms with E-state index in [1.165, 1.54) is 0 Å². The third-order valence-corrected chi connectivity index (χ3v) is 5.14. The Bertz CT molecular complexity index is 568. The van der Waals surface area contributed by atoms with E-state index in [1.54, 1.807) is 0 Å². The summed E-state index contributed by atoms with van der Waals surface area (Å²) in [6, 6.07) is 1.25. The number of rotatable bonds is 4. The summed E-state index contributed by atoms with van der Waals surface area (Å²) in [5.41, 5.74) is 0. The molecule has 1 aliphatic rings. The lowest BCUT2D eigenvalue weighted by Gasteiger charge is -2.24. The van der Waals surface area contributed by atoms with Crippen molar-refractivity contribution in [3.63, 3.8) is 0 Å². The Morgan fingerprint density at radius 3 is 2.80 bits per heavy atom. The van der Waals surface area contributed by atoms with Crippen LogP contribution in [0.1, 0.15) is 0 Å². The molecule has 112 valence electrons. The molecule has 1 saturated heterocycles. The average molecular weight is 371 g/mol. The van der Waals surface area contributed by atoms with Crippen LogP contribution in [0, 0.1) is 11.6 Å². The van der Waals surface area contributed by atoms with E-state index in [9.17, 15) is 17.2 Å². The molecule has 5 nitrogen and oxygen atoms in total. The zero-order valence-corrected chi connectivity index (χ0v) is 12.7. The van der Waals surface area contributed by atoms with Crippen LogP contribution in [0.4, 0.5) is 8.78 Å². The van der Waals surface area contributed by atoms with Gasteiger partial charge in [0.15, 0.2) is 0 Å². The van der Waals surface area contributed by atoms with E-state index in [4.69, 9.17) is 4.74 Å². The summed E-state index contributed by atoms with van der Waals surface area (Å²) in [5.74, 6) is -1.99. The molecule has 0 spiro atoms. The third-order valence-electron chi connectivity index (χ3n) is 2.75. The topological polar surface area (TPSA) is 67.4 Å². The standard InChI is InChI=1S/C11H13BrF2N2O3S/c12-9-3-7(13)4-10(14)11(9)20(17,18)16-5-8-6-19-2-1-15-8/h3-4,8,15-16H,1-2,5-6H2. The van der Waals surface area contributed by atoms with Crippen LogP contribution in [0.2, 0.25) is 0 Å². The van der Waals surface area contributed by atoms with E-state index in [1.807, 2.05) is 0 Å². The number of morpholine rings is 1. The van der Waals surface area contributed by atoms with Gasteiger partial charge >= 0.3 is 0 Å². The molecule has 1 aromatic carbocycles. The van der Waals surface area contributed by atoms with Crippen LogP contribution in [0.5, 0.6) is 0 Å². The summed E-state index contributed by atoms with van der Waals surface area (Å²) in [4.78, 5) is -0.601. The maximum absolute atomic E-state index is 13.6. The van der Waals surface area contributed by atoms with Gasteiger partial charge in [-0.25, -0.2) is 21.9 Å². The highest BCUT2D eigenvalue weighted by molar-refractivity contribution is 9.10. The van der Waals surface area contributed by atoms with Crippen molar-refractivity contribution in [3.05, 3.63) is 28.2 Å². The summed E-state index contributed by atoms with van der Waals surface area (Å²) >= 11 is 2.86. The Hall–Kier alpha value is -0.610. The fourth-order valence-electron chi connectivity index (χ4n) is 1.82. The third kappa shape index (κ3) is 3.73. The van der Waals surface area contributed by atoms with E-state index >= 15 is 0 Å². The van der Waals surface area contributed by atoms with Crippen molar-refractivity contribution in [1.29, 1.82) is 0 Å². The molecule has 1 aliphatic heterocycles. The Morgan fingerprint density at radius 2 is 2.20 bits per heavy atom. The fourth-order valence-corrected chi connectivity index (χ4v) is 4.06. The number of halogens is 3. The first-order valence-corrected chi connectivity index (χ1v) is 8.13. The van der Waals surface area contributed by atoms with Crippen LogP contribution in [-0.2, 0) is 14.8 Å². The van der Waals surface area contributed by atoms with Gasteiger partial charge in [0.25, 0.3) is 0 Å². The lowest BCUT2D eigenvalue weighted by Crippen LogP contribution is -2.48. The summed E-state index contributed by atoms with van der Waals surface area (Å²) in [6.07, 6.45) is 0. The highest BCUT2D eigenvalue weighted by Crippen LogP contribution is 2.26. The van der Waals surface area contributed by atoms with Crippen LogP contribution < -0.4 is 10.0 Å². The van der Waals surface area contributed by atoms with Crippen molar-refractivity contribution in [2.24, 2.45) is 0 Å². The predicted octanol–water partition coefficient (Wildman–Crippen LogP) is 0.994. The Kier molecular flexibility index (Phi) is 5.08. The number of nitrogens with one attached hydrogen (secondary N) is 2. The second-order valence-corrected chi connectivity index (χ2v) is 6.83. The van der Waals surface area contributed by atoms with E-state index < -0.39 is 26.6 Å². The molecule has 2 N–H and O–H groups in total. The van der Waals surface area contributed by atoms with Crippen LogP contribution in [0.15, 0.2) is 21.5 Å². The fraction of sp³-hybridized carbons (Fsp3) is 0.455. The molecule has 0 aliphatic carbocycles. The smallest absolute Gasteiger partial charge is 0.244 e. The Labute approximate surface area is 123 Å². The molecule has 1 unspecified atom stereocenters. The van der Waals surface area contributed by atoms with Crippen LogP contribution in [0.3, 0.4) is 0 Å². The summed E-state index contributed by atoms with van der Waals surface area (Å²) in [6.45, 7) is 1.63. The van der Waals surface area contributed by atoms with Crippen molar-refractivity contribution < 1.29 is 21.9 Å². The molecule has 20 heavy (non-hydrogen) atoms. The van der Waals surface area contributed by atoms with Gasteiger partial charge in [-0.05, 0) is 22.0 Å². The second-order valence-electron chi connectivity index (χ2n) is 4.28. The maximum Gasteiger partial charge on any atom is 0.244 e. The van der Waals surface area contributed by atoms with Crippen LogP contribution in [0.25, 0.3) is 0 Å². The summed E-state index contributed by atoms with van der Waals surface area (Å²) in [5, 5.41) is 3.06. The molecule has 0 aromatic heterocycles. The van der Waals surface area contributed by atoms with E-state index in [0.29, 0.717) is 25.8 Å². The molecule has 1 heterocycles. The van der Waals surface area contributed by atoms with E-state index in [-0.39, 0.29) is 17.1 Å². The normalized spacial score (nSPS) is 20.1. The molecule has 0 bridgehead atoms. The Morgan fingerprint density at radius 1 is 1.45 bits per heavy atom. The molecule has 2 rings (SSSR count). The molecule has 0 amide bonds. The minimum Gasteiger partial charge on any atom is -0.378 e. The monoisotopic (exact) mass is 370 g/mol. The average Bonchev–Trinajstić information content (AvgIpc) is 2.36. The van der Waals surface area contributed by atoms with Crippen molar-refractivity contribution in [2.45, 2.75) is 10.9 Å². The molecule has 0 radical (unpaired) electrons. The number of hydrogen-bond acceptors (Lipinski definition) is 4. The largest absolute Gasteiger partial charge is 0.378 e. The molecule has 1 fully saturated rings. The summed E-state index contributed by atoms with van der Waals surface area (Å²) in [7, 11) is -4.07. The quantitative estimate of drug-likeness (QED) is 0.829. The lowest BCUT2D eigenvalue weighted by atomic mass is 10.3. The zero-order valence-electron chi connectivity index (χ0n) is 10.3. The van der Waals surface area contributed by atoms with Gasteiger partial charge in [-0.2, -0.15) is 0 Å². The van der Waals surface area contributed by atoms with Gasteiger partial charge in [-0.15, -0.1) is 0 Å². The molecule has 1 aromatic rings. The number of hydrogen-bond donors (Lipinski definition) is 2. The van der Waals surface area contributed by atoms with Crippen molar-refractivity contribution in [1.82, 2.24) is 10.0 Å². The first-order valence-electron chi connectivity index (χ1n) is 5.85. The minimum absolute atomic E-state index is 0.0611. The van der Waals surface area contributed by atoms with Gasteiger partial charge in [0.2, 0.25) is 10.0 Å². The van der Waals surface area contributed by atoms with Gasteiger partial charge in [0.05, 0.1) is 13.2 Å². The van der Waals surface area contributed by atoms with E-state index in [2.05, 4.69) is 26.0 Å². The molecule has 0 saturated carbocycles. The van der Waals surface area contributed by atoms with Crippen molar-refractivity contribution >= 4 is 26.0 Å². The predicted molar refractivity (Wildman–Crippen MR) is 71.9 cm³/mol. The van der Waals surface area contributed by atoms with Gasteiger partial charge < -0.3 is 10.1 Å². The highest BCUT2D eigenvalue weighted by atomic mass is 79.9. The first kappa shape index (κ1) is 15.8. The summed E-state index contributed by atoms with van der Waals surface area (Å²) < 4.78 is 58.0. The van der Waals surface area contributed by atoms with Crippen LogP contribution >= 0.6 is 15.9 Å². The van der Waals surface area contributed by atoms with Gasteiger partial charge in [0.1, 0.15) is 16.5 Å². The SMILES string of the molecule is O=S(=O)(NCC1COCCN1)c1c(F)cc(F)cc1Br. The number of ether oxygens (including phenoxy) is 1. The van der Waals surface area contributed by atoms with Gasteiger partial charge in [0, 0.05) is 29.7 Å². The second kappa shape index (κ2) is 6.44. The molecule has 1 atom stereocenters. The van der Waals surface area contributed by atoms with E-state index in [0.717, 1.165) is 6.07 Å². The van der Waals surface area contributed by atoms with Gasteiger partial charge in [-0.1, -0.05) is 0 Å². The molecule has 9 heteroatoms. The lowest BCUT2D eigenvalue weighted by molar-refractivity contribution is 0.0784. The van der Waals surface area contributed by atoms with Crippen molar-refractivity contribution in [3.8, 4) is 0 Å². The minimum atomic E-state index is -4.07. The maximum atomic E-state index is 13.6. The van der Waals surface area contributed by atoms with Gasteiger partial charge in [-0.3, -0.25) is 0 Å². The first-order chi connectivity index (χ1) is 9.40. The molecular formula is C11H13BrF2N2O3S. The highest BCUT2D eigenvalue weighted by Gasteiger charge is 2.25. The number of sulfonamides is 1. The number of benzene rings is 1. The zero-order chi connectivity index (χ0) is 14.8. The van der Waals surface area contributed by atoms with Crippen molar-refractivity contribution in [2.75, 3.05) is 26.3 Å². The van der Waals surface area contributed by atoms with Crippen LogP contribution in [-0.4, -0.2) is 40.8 Å². The Balaban J connectivity index is 2.14. The molecular weight excluding hydrogens is 358 g/mol.